The van der Waals surface area contributed by atoms with E-state index >= 15 is 0 Å². The third-order valence-corrected chi connectivity index (χ3v) is 2.59. The van der Waals surface area contributed by atoms with Gasteiger partial charge < -0.3 is 15.8 Å². The maximum atomic E-state index is 11.7. The van der Waals surface area contributed by atoms with E-state index in [1.54, 1.807) is 0 Å². The van der Waals surface area contributed by atoms with Gasteiger partial charge in [0.05, 0.1) is 6.61 Å². The van der Waals surface area contributed by atoms with Gasteiger partial charge in [-0.3, -0.25) is 4.79 Å². The van der Waals surface area contributed by atoms with Gasteiger partial charge in [-0.25, -0.2) is 0 Å². The third kappa shape index (κ3) is 9.12. The third-order valence-electron chi connectivity index (χ3n) is 2.59. The standard InChI is InChI=1S/C13H28N2O2/c1-5-17-9-11(4)15-13(16)7-12(8-14)6-10(2)3/h10-12H,5-9,14H2,1-4H3,(H,15,16)/t11?,12-/m0/s1. The first-order chi connectivity index (χ1) is 7.99. The Hall–Kier alpha value is -0.610. The van der Waals surface area contributed by atoms with Crippen LogP contribution in [0.3, 0.4) is 0 Å². The minimum Gasteiger partial charge on any atom is -0.380 e. The largest absolute Gasteiger partial charge is 0.380 e. The number of nitrogens with one attached hydrogen (secondary N) is 1. The Labute approximate surface area is 105 Å². The molecule has 0 radical (unpaired) electrons. The van der Waals surface area contributed by atoms with Gasteiger partial charge in [0.15, 0.2) is 0 Å². The number of hydrogen-bond donors (Lipinski definition) is 2. The van der Waals surface area contributed by atoms with Gasteiger partial charge in [0.2, 0.25) is 5.91 Å². The quantitative estimate of drug-likeness (QED) is 0.646. The molecule has 0 rings (SSSR count). The van der Waals surface area contributed by atoms with E-state index < -0.39 is 0 Å². The van der Waals surface area contributed by atoms with Crippen LogP contribution in [0, 0.1) is 11.8 Å². The van der Waals surface area contributed by atoms with Crippen molar-refractivity contribution in [1.29, 1.82) is 0 Å². The lowest BCUT2D eigenvalue weighted by molar-refractivity contribution is -0.123. The zero-order valence-corrected chi connectivity index (χ0v) is 11.7. The van der Waals surface area contributed by atoms with E-state index in [0.717, 1.165) is 6.42 Å². The molecule has 3 N–H and O–H groups in total. The molecule has 17 heavy (non-hydrogen) atoms. The fraction of sp³-hybridized carbons (Fsp3) is 0.923. The summed E-state index contributed by atoms with van der Waals surface area (Å²) in [6.07, 6.45) is 1.52. The van der Waals surface area contributed by atoms with E-state index in [9.17, 15) is 4.79 Å². The van der Waals surface area contributed by atoms with Crippen molar-refractivity contribution >= 4 is 5.91 Å². The van der Waals surface area contributed by atoms with Crippen LogP contribution in [0.15, 0.2) is 0 Å². The maximum absolute atomic E-state index is 11.7. The van der Waals surface area contributed by atoms with Crippen LogP contribution in [0.5, 0.6) is 0 Å². The number of carbonyl (C=O) groups is 1. The monoisotopic (exact) mass is 244 g/mol. The Balaban J connectivity index is 3.89. The van der Waals surface area contributed by atoms with Crippen LogP contribution in [0.25, 0.3) is 0 Å². The van der Waals surface area contributed by atoms with Gasteiger partial charge in [0, 0.05) is 19.1 Å². The first-order valence-corrected chi connectivity index (χ1v) is 6.56. The highest BCUT2D eigenvalue weighted by atomic mass is 16.5. The van der Waals surface area contributed by atoms with E-state index in [1.165, 1.54) is 0 Å². The van der Waals surface area contributed by atoms with Gasteiger partial charge in [-0.05, 0) is 38.6 Å². The Morgan fingerprint density at radius 2 is 2.00 bits per heavy atom. The second-order valence-electron chi connectivity index (χ2n) is 5.06. The number of carbonyl (C=O) groups excluding carboxylic acids is 1. The van der Waals surface area contributed by atoms with Gasteiger partial charge in [0.25, 0.3) is 0 Å². The molecule has 1 amide bonds. The molecular formula is C13H28N2O2. The summed E-state index contributed by atoms with van der Waals surface area (Å²) in [7, 11) is 0. The molecule has 1 unspecified atom stereocenters. The van der Waals surface area contributed by atoms with Gasteiger partial charge in [-0.15, -0.1) is 0 Å². The van der Waals surface area contributed by atoms with Crippen molar-refractivity contribution in [2.24, 2.45) is 17.6 Å². The Kier molecular flexibility index (Phi) is 9.09. The zero-order valence-electron chi connectivity index (χ0n) is 11.7. The predicted octanol–water partition coefficient (Wildman–Crippen LogP) is 1.54. The number of hydrogen-bond acceptors (Lipinski definition) is 3. The molecule has 0 saturated heterocycles. The first-order valence-electron chi connectivity index (χ1n) is 6.56. The van der Waals surface area contributed by atoms with Gasteiger partial charge >= 0.3 is 0 Å². The minimum atomic E-state index is 0.0694. The van der Waals surface area contributed by atoms with Crippen LogP contribution in [-0.2, 0) is 9.53 Å². The summed E-state index contributed by atoms with van der Waals surface area (Å²) < 4.78 is 5.25. The zero-order chi connectivity index (χ0) is 13.3. The summed E-state index contributed by atoms with van der Waals surface area (Å²) in [5.41, 5.74) is 5.68. The Morgan fingerprint density at radius 1 is 1.35 bits per heavy atom. The van der Waals surface area contributed by atoms with Crippen molar-refractivity contribution in [3.8, 4) is 0 Å². The van der Waals surface area contributed by atoms with E-state index in [-0.39, 0.29) is 17.9 Å². The molecule has 0 saturated carbocycles. The molecule has 2 atom stereocenters. The van der Waals surface area contributed by atoms with Gasteiger partial charge in [-0.2, -0.15) is 0 Å². The molecule has 0 spiro atoms. The van der Waals surface area contributed by atoms with E-state index in [4.69, 9.17) is 10.5 Å². The Bertz CT molecular complexity index is 208. The molecule has 0 aliphatic heterocycles. The maximum Gasteiger partial charge on any atom is 0.220 e. The van der Waals surface area contributed by atoms with Crippen LogP contribution >= 0.6 is 0 Å². The van der Waals surface area contributed by atoms with Crippen LogP contribution in [0.2, 0.25) is 0 Å². The lowest BCUT2D eigenvalue weighted by atomic mass is 9.94. The topological polar surface area (TPSA) is 64.3 Å². The van der Waals surface area contributed by atoms with Gasteiger partial charge in [0.1, 0.15) is 0 Å². The van der Waals surface area contributed by atoms with Crippen molar-refractivity contribution in [2.75, 3.05) is 19.8 Å². The smallest absolute Gasteiger partial charge is 0.220 e. The fourth-order valence-electron chi connectivity index (χ4n) is 1.86. The highest BCUT2D eigenvalue weighted by Crippen LogP contribution is 2.14. The van der Waals surface area contributed by atoms with Crippen molar-refractivity contribution in [1.82, 2.24) is 5.32 Å². The second kappa shape index (κ2) is 9.42. The lowest BCUT2D eigenvalue weighted by Crippen LogP contribution is -2.37. The van der Waals surface area contributed by atoms with Crippen molar-refractivity contribution < 1.29 is 9.53 Å². The molecule has 4 nitrogen and oxygen atoms in total. The molecule has 0 bridgehead atoms. The van der Waals surface area contributed by atoms with Crippen molar-refractivity contribution in [3.05, 3.63) is 0 Å². The van der Waals surface area contributed by atoms with Crippen molar-refractivity contribution in [3.63, 3.8) is 0 Å². The normalized spacial score (nSPS) is 14.7. The van der Waals surface area contributed by atoms with E-state index in [0.29, 0.717) is 32.1 Å². The molecule has 4 heteroatoms. The van der Waals surface area contributed by atoms with Crippen LogP contribution < -0.4 is 11.1 Å². The molecule has 0 aliphatic rings. The van der Waals surface area contributed by atoms with Crippen LogP contribution in [-0.4, -0.2) is 31.7 Å². The predicted molar refractivity (Wildman–Crippen MR) is 70.7 cm³/mol. The summed E-state index contributed by atoms with van der Waals surface area (Å²) in [6.45, 7) is 10.0. The number of amides is 1. The molecule has 0 aliphatic carbocycles. The minimum absolute atomic E-state index is 0.0694. The van der Waals surface area contributed by atoms with E-state index in [1.807, 2.05) is 13.8 Å². The summed E-state index contributed by atoms with van der Waals surface area (Å²) in [6, 6.07) is 0.0694. The SMILES string of the molecule is CCOCC(C)NC(=O)C[C@@H](CN)CC(C)C. The van der Waals surface area contributed by atoms with Crippen molar-refractivity contribution in [2.45, 2.75) is 46.6 Å². The number of rotatable bonds is 9. The molecule has 102 valence electrons. The number of nitrogens with two attached hydrogens (primary N) is 1. The summed E-state index contributed by atoms with van der Waals surface area (Å²) in [4.78, 5) is 11.7. The highest BCUT2D eigenvalue weighted by molar-refractivity contribution is 5.76. The molecule has 0 heterocycles. The van der Waals surface area contributed by atoms with Gasteiger partial charge in [-0.1, -0.05) is 13.8 Å². The van der Waals surface area contributed by atoms with Crippen LogP contribution in [0.4, 0.5) is 0 Å². The molecular weight excluding hydrogens is 216 g/mol. The summed E-state index contributed by atoms with van der Waals surface area (Å²) >= 11 is 0. The number of ether oxygens (including phenoxy) is 1. The average molecular weight is 244 g/mol. The molecule has 0 fully saturated rings. The highest BCUT2D eigenvalue weighted by Gasteiger charge is 2.15. The summed E-state index contributed by atoms with van der Waals surface area (Å²) in [5.74, 6) is 0.944. The molecule has 0 aromatic heterocycles. The Morgan fingerprint density at radius 3 is 2.47 bits per heavy atom. The first kappa shape index (κ1) is 16.4. The molecule has 0 aromatic carbocycles. The van der Waals surface area contributed by atoms with E-state index in [2.05, 4.69) is 19.2 Å². The van der Waals surface area contributed by atoms with Crippen LogP contribution in [0.1, 0.15) is 40.5 Å². The fourth-order valence-corrected chi connectivity index (χ4v) is 1.86. The lowest BCUT2D eigenvalue weighted by Gasteiger charge is -2.19. The molecule has 0 aromatic rings. The second-order valence-corrected chi connectivity index (χ2v) is 5.06. The summed E-state index contributed by atoms with van der Waals surface area (Å²) in [5, 5.41) is 2.93. The average Bonchev–Trinajstić information content (AvgIpc) is 2.24.